The number of rotatable bonds is 5. The quantitative estimate of drug-likeness (QED) is 0.764. The van der Waals surface area contributed by atoms with Crippen LogP contribution >= 0.6 is 0 Å². The topological polar surface area (TPSA) is 65.1 Å². The third-order valence-electron chi connectivity index (χ3n) is 3.53. The molecule has 1 aromatic rings. The molecule has 1 saturated heterocycles. The summed E-state index contributed by atoms with van der Waals surface area (Å²) >= 11 is 0. The van der Waals surface area contributed by atoms with E-state index in [1.807, 2.05) is 12.1 Å². The summed E-state index contributed by atoms with van der Waals surface area (Å²) in [6, 6.07) is 5.47. The van der Waals surface area contributed by atoms with E-state index in [9.17, 15) is 9.59 Å². The number of amides is 1. The highest BCUT2D eigenvalue weighted by Crippen LogP contribution is 2.26. The molecule has 1 amide bonds. The van der Waals surface area contributed by atoms with Crippen LogP contribution in [-0.4, -0.2) is 44.7 Å². The lowest BCUT2D eigenvalue weighted by Crippen LogP contribution is -2.26. The zero-order valence-corrected chi connectivity index (χ0v) is 12.4. The summed E-state index contributed by atoms with van der Waals surface area (Å²) in [7, 11) is 4.49. The average molecular weight is 293 g/mol. The summed E-state index contributed by atoms with van der Waals surface area (Å²) in [4.78, 5) is 25.1. The molecule has 0 radical (unpaired) electrons. The summed E-state index contributed by atoms with van der Waals surface area (Å²) in [6.45, 7) is 0.797. The molecule has 1 aromatic carbocycles. The minimum Gasteiger partial charge on any atom is -0.497 e. The molecule has 0 aliphatic carbocycles. The van der Waals surface area contributed by atoms with Gasteiger partial charge in [0.2, 0.25) is 5.91 Å². The molecule has 1 atom stereocenters. The number of carbonyl (C=O) groups excluding carboxylic acids is 2. The van der Waals surface area contributed by atoms with Crippen LogP contribution in [0.1, 0.15) is 12.0 Å². The summed E-state index contributed by atoms with van der Waals surface area (Å²) < 4.78 is 15.1. The fraction of sp³-hybridized carbons (Fsp3) is 0.467. The van der Waals surface area contributed by atoms with Crippen molar-refractivity contribution in [1.29, 1.82) is 0 Å². The summed E-state index contributed by atoms with van der Waals surface area (Å²) in [5.41, 5.74) is 0.894. The first-order valence-electron chi connectivity index (χ1n) is 6.65. The maximum absolute atomic E-state index is 12.0. The lowest BCUT2D eigenvalue weighted by Gasteiger charge is -2.17. The van der Waals surface area contributed by atoms with Gasteiger partial charge in [-0.15, -0.1) is 0 Å². The predicted octanol–water partition coefficient (Wildman–Crippen LogP) is 1.23. The number of esters is 1. The van der Waals surface area contributed by atoms with Gasteiger partial charge in [-0.2, -0.15) is 0 Å². The maximum atomic E-state index is 12.0. The molecule has 2 rings (SSSR count). The van der Waals surface area contributed by atoms with Gasteiger partial charge in [0, 0.05) is 25.6 Å². The fourth-order valence-electron chi connectivity index (χ4n) is 2.43. The second-order valence-corrected chi connectivity index (χ2v) is 4.92. The smallest absolute Gasteiger partial charge is 0.310 e. The van der Waals surface area contributed by atoms with Crippen molar-refractivity contribution < 1.29 is 23.8 Å². The van der Waals surface area contributed by atoms with Gasteiger partial charge in [0.1, 0.15) is 11.5 Å². The Labute approximate surface area is 123 Å². The Bertz CT molecular complexity index is 521. The Morgan fingerprint density at radius 2 is 1.81 bits per heavy atom. The van der Waals surface area contributed by atoms with Gasteiger partial charge in [-0.3, -0.25) is 9.59 Å². The molecule has 114 valence electrons. The van der Waals surface area contributed by atoms with E-state index < -0.39 is 0 Å². The zero-order valence-electron chi connectivity index (χ0n) is 12.4. The van der Waals surface area contributed by atoms with Crippen molar-refractivity contribution >= 4 is 11.9 Å². The fourth-order valence-corrected chi connectivity index (χ4v) is 2.43. The van der Waals surface area contributed by atoms with Gasteiger partial charge in [-0.1, -0.05) is 0 Å². The number of ether oxygens (including phenoxy) is 3. The Morgan fingerprint density at radius 1 is 1.19 bits per heavy atom. The van der Waals surface area contributed by atoms with E-state index in [0.29, 0.717) is 24.6 Å². The number of nitrogens with zero attached hydrogens (tertiary/aromatic N) is 1. The van der Waals surface area contributed by atoms with Crippen LogP contribution in [0.15, 0.2) is 18.2 Å². The average Bonchev–Trinajstić information content (AvgIpc) is 2.87. The Kier molecular flexibility index (Phi) is 4.67. The van der Waals surface area contributed by atoms with E-state index in [1.165, 1.54) is 7.11 Å². The number of methoxy groups -OCH3 is 3. The molecule has 1 aliphatic rings. The standard InChI is InChI=1S/C15H19NO5/c1-19-12-4-10(5-13(7-12)20-2)8-16-9-11(6-14(16)17)15(18)21-3/h4-5,7,11H,6,8-9H2,1-3H3. The predicted molar refractivity (Wildman–Crippen MR) is 75.1 cm³/mol. The molecule has 0 bridgehead atoms. The molecule has 0 spiro atoms. The Morgan fingerprint density at radius 3 is 2.33 bits per heavy atom. The van der Waals surface area contributed by atoms with Crippen molar-refractivity contribution in [2.75, 3.05) is 27.9 Å². The van der Waals surface area contributed by atoms with Crippen molar-refractivity contribution in [3.63, 3.8) is 0 Å². The molecule has 1 aliphatic heterocycles. The first kappa shape index (κ1) is 15.2. The highest BCUT2D eigenvalue weighted by atomic mass is 16.5. The van der Waals surface area contributed by atoms with Crippen LogP contribution in [0.2, 0.25) is 0 Å². The van der Waals surface area contributed by atoms with Gasteiger partial charge in [-0.25, -0.2) is 0 Å². The second kappa shape index (κ2) is 6.47. The van der Waals surface area contributed by atoms with E-state index in [0.717, 1.165) is 5.56 Å². The zero-order chi connectivity index (χ0) is 15.4. The monoisotopic (exact) mass is 293 g/mol. The molecule has 0 N–H and O–H groups in total. The normalized spacial score (nSPS) is 17.8. The molecule has 6 nitrogen and oxygen atoms in total. The molecular weight excluding hydrogens is 274 g/mol. The molecule has 0 saturated carbocycles. The third kappa shape index (κ3) is 3.45. The van der Waals surface area contributed by atoms with Gasteiger partial charge in [0.05, 0.1) is 27.2 Å². The Hall–Kier alpha value is -2.24. The first-order valence-corrected chi connectivity index (χ1v) is 6.65. The molecular formula is C15H19NO5. The van der Waals surface area contributed by atoms with E-state index >= 15 is 0 Å². The van der Waals surface area contributed by atoms with Crippen LogP contribution < -0.4 is 9.47 Å². The van der Waals surface area contributed by atoms with Crippen molar-refractivity contribution in [3.05, 3.63) is 23.8 Å². The van der Waals surface area contributed by atoms with Crippen LogP contribution in [0, 0.1) is 5.92 Å². The minimum atomic E-state index is -0.380. The largest absolute Gasteiger partial charge is 0.497 e. The molecule has 21 heavy (non-hydrogen) atoms. The van der Waals surface area contributed by atoms with Crippen molar-refractivity contribution in [1.82, 2.24) is 4.90 Å². The Balaban J connectivity index is 2.11. The number of hydrogen-bond acceptors (Lipinski definition) is 5. The highest BCUT2D eigenvalue weighted by Gasteiger charge is 2.34. The number of benzene rings is 1. The van der Waals surface area contributed by atoms with Crippen LogP contribution in [0.4, 0.5) is 0 Å². The van der Waals surface area contributed by atoms with Gasteiger partial charge in [0.15, 0.2) is 0 Å². The highest BCUT2D eigenvalue weighted by molar-refractivity contribution is 5.86. The molecule has 6 heteroatoms. The van der Waals surface area contributed by atoms with Gasteiger partial charge < -0.3 is 19.1 Å². The summed E-state index contributed by atoms with van der Waals surface area (Å²) in [6.07, 6.45) is 0.202. The molecule has 1 unspecified atom stereocenters. The van der Waals surface area contributed by atoms with Crippen molar-refractivity contribution in [3.8, 4) is 11.5 Å². The third-order valence-corrected chi connectivity index (χ3v) is 3.53. The summed E-state index contributed by atoms with van der Waals surface area (Å²) in [5, 5.41) is 0. The van der Waals surface area contributed by atoms with E-state index in [1.54, 1.807) is 25.2 Å². The van der Waals surface area contributed by atoms with E-state index in [2.05, 4.69) is 0 Å². The lowest BCUT2D eigenvalue weighted by atomic mass is 10.1. The van der Waals surface area contributed by atoms with Crippen LogP contribution in [0.5, 0.6) is 11.5 Å². The first-order chi connectivity index (χ1) is 10.1. The number of carbonyl (C=O) groups is 2. The minimum absolute atomic E-state index is 0.0489. The van der Waals surface area contributed by atoms with Gasteiger partial charge in [-0.05, 0) is 17.7 Å². The number of hydrogen-bond donors (Lipinski definition) is 0. The number of likely N-dealkylation sites (tertiary alicyclic amines) is 1. The van der Waals surface area contributed by atoms with E-state index in [4.69, 9.17) is 14.2 Å². The molecule has 1 heterocycles. The van der Waals surface area contributed by atoms with Gasteiger partial charge >= 0.3 is 5.97 Å². The lowest BCUT2D eigenvalue weighted by molar-refractivity contribution is -0.145. The van der Waals surface area contributed by atoms with Crippen LogP contribution in [-0.2, 0) is 20.9 Å². The van der Waals surface area contributed by atoms with Crippen LogP contribution in [0.3, 0.4) is 0 Å². The van der Waals surface area contributed by atoms with Gasteiger partial charge in [0.25, 0.3) is 0 Å². The van der Waals surface area contributed by atoms with E-state index in [-0.39, 0.29) is 24.2 Å². The van der Waals surface area contributed by atoms with Crippen molar-refractivity contribution in [2.45, 2.75) is 13.0 Å². The second-order valence-electron chi connectivity index (χ2n) is 4.92. The van der Waals surface area contributed by atoms with Crippen LogP contribution in [0.25, 0.3) is 0 Å². The molecule has 1 fully saturated rings. The summed E-state index contributed by atoms with van der Waals surface area (Å²) in [5.74, 6) is 0.567. The SMILES string of the molecule is COC(=O)C1CC(=O)N(Cc2cc(OC)cc(OC)c2)C1. The maximum Gasteiger partial charge on any atom is 0.310 e. The van der Waals surface area contributed by atoms with Crippen molar-refractivity contribution in [2.24, 2.45) is 5.92 Å². The molecule has 0 aromatic heterocycles.